The van der Waals surface area contributed by atoms with Gasteiger partial charge in [0.2, 0.25) is 12.1 Å². The van der Waals surface area contributed by atoms with Crippen molar-refractivity contribution in [3.05, 3.63) is 0 Å². The zero-order chi connectivity index (χ0) is 18.7. The molecule has 4 saturated heterocycles. The molecule has 26 heavy (non-hydrogen) atoms. The quantitative estimate of drug-likeness (QED) is 0.458. The minimum Gasteiger partial charge on any atom is -0.481 e. The van der Waals surface area contributed by atoms with Crippen LogP contribution in [0.2, 0.25) is 0 Å². The van der Waals surface area contributed by atoms with Gasteiger partial charge in [0, 0.05) is 18.3 Å². The highest BCUT2D eigenvalue weighted by Gasteiger charge is 2.69. The highest BCUT2D eigenvalue weighted by molar-refractivity contribution is 5.90. The predicted molar refractivity (Wildman–Crippen MR) is 85.2 cm³/mol. The zero-order valence-corrected chi connectivity index (χ0v) is 15.3. The van der Waals surface area contributed by atoms with Crippen LogP contribution in [0.4, 0.5) is 0 Å². The van der Waals surface area contributed by atoms with E-state index in [2.05, 4.69) is 6.92 Å². The summed E-state index contributed by atoms with van der Waals surface area (Å²) in [5.74, 6) is -2.38. The van der Waals surface area contributed by atoms with Crippen molar-refractivity contribution in [2.75, 3.05) is 0 Å². The van der Waals surface area contributed by atoms with Gasteiger partial charge in [0.1, 0.15) is 6.42 Å². The van der Waals surface area contributed by atoms with Crippen LogP contribution < -0.4 is 0 Å². The van der Waals surface area contributed by atoms with Crippen LogP contribution in [0, 0.1) is 23.7 Å². The molecule has 5 rings (SSSR count). The summed E-state index contributed by atoms with van der Waals surface area (Å²) >= 11 is 0. The molecule has 1 N–H and O–H groups in total. The lowest BCUT2D eigenvalue weighted by atomic mass is 9.58. The lowest BCUT2D eigenvalue weighted by Gasteiger charge is -2.59. The van der Waals surface area contributed by atoms with Crippen molar-refractivity contribution in [1.82, 2.24) is 0 Å². The largest absolute Gasteiger partial charge is 0.481 e. The molecule has 2 bridgehead atoms. The summed E-state index contributed by atoms with van der Waals surface area (Å²) in [6.45, 7) is 5.99. The van der Waals surface area contributed by atoms with E-state index in [4.69, 9.17) is 29.1 Å². The van der Waals surface area contributed by atoms with Crippen LogP contribution in [0.3, 0.4) is 0 Å². The Bertz CT molecular complexity index is 608. The van der Waals surface area contributed by atoms with Gasteiger partial charge in [-0.3, -0.25) is 9.59 Å². The number of hydrogen-bond donors (Lipinski definition) is 1. The van der Waals surface area contributed by atoms with Gasteiger partial charge in [0.05, 0.1) is 0 Å². The first-order chi connectivity index (χ1) is 12.2. The number of carboxylic acids is 1. The molecule has 8 heteroatoms. The molecule has 0 aromatic carbocycles. The topological polar surface area (TPSA) is 101 Å². The molecule has 1 spiro atoms. The van der Waals surface area contributed by atoms with Crippen LogP contribution in [0.1, 0.15) is 52.9 Å². The van der Waals surface area contributed by atoms with Crippen LogP contribution in [0.15, 0.2) is 0 Å². The van der Waals surface area contributed by atoms with E-state index in [-0.39, 0.29) is 17.8 Å². The fourth-order valence-electron chi connectivity index (χ4n) is 5.30. The van der Waals surface area contributed by atoms with Crippen molar-refractivity contribution in [3.63, 3.8) is 0 Å². The maximum atomic E-state index is 11.9. The van der Waals surface area contributed by atoms with Gasteiger partial charge in [-0.25, -0.2) is 9.78 Å². The van der Waals surface area contributed by atoms with Crippen molar-refractivity contribution in [2.45, 2.75) is 76.8 Å². The summed E-state index contributed by atoms with van der Waals surface area (Å²) in [6.07, 6.45) is 1.30. The van der Waals surface area contributed by atoms with E-state index in [9.17, 15) is 9.59 Å². The highest BCUT2D eigenvalue weighted by atomic mass is 17.3. The smallest absolute Gasteiger partial charge is 0.319 e. The van der Waals surface area contributed by atoms with Gasteiger partial charge in [0.25, 0.3) is 0 Å². The molecule has 0 radical (unpaired) electrons. The molecular formula is C18H26O8. The number of carbonyl (C=O) groups is 2. The van der Waals surface area contributed by atoms with Crippen LogP contribution in [-0.4, -0.2) is 41.0 Å². The number of carbonyl (C=O) groups excluding carboxylic acids is 1. The van der Waals surface area contributed by atoms with Crippen LogP contribution in [0.5, 0.6) is 0 Å². The number of rotatable bonds is 3. The van der Waals surface area contributed by atoms with Crippen molar-refractivity contribution >= 4 is 11.9 Å². The Morgan fingerprint density at radius 1 is 1.15 bits per heavy atom. The molecule has 146 valence electrons. The summed E-state index contributed by atoms with van der Waals surface area (Å²) in [5, 5.41) is 8.79. The van der Waals surface area contributed by atoms with Crippen LogP contribution >= 0.6 is 0 Å². The van der Waals surface area contributed by atoms with Gasteiger partial charge in [-0.05, 0) is 38.0 Å². The highest BCUT2D eigenvalue weighted by Crippen LogP contribution is 2.60. The Morgan fingerprint density at radius 3 is 2.65 bits per heavy atom. The fraction of sp³-hybridized carbons (Fsp3) is 0.889. The molecule has 0 amide bonds. The maximum Gasteiger partial charge on any atom is 0.319 e. The average Bonchev–Trinajstić information content (AvgIpc) is 2.78. The second kappa shape index (κ2) is 6.15. The predicted octanol–water partition coefficient (Wildman–Crippen LogP) is 2.21. The summed E-state index contributed by atoms with van der Waals surface area (Å²) in [4.78, 5) is 34.3. The molecule has 4 heterocycles. The minimum absolute atomic E-state index is 0.0349. The molecule has 5 aliphatic rings. The first kappa shape index (κ1) is 18.2. The summed E-state index contributed by atoms with van der Waals surface area (Å²) in [7, 11) is 0. The van der Waals surface area contributed by atoms with E-state index in [0.717, 1.165) is 19.3 Å². The average molecular weight is 370 g/mol. The molecule has 8 nitrogen and oxygen atoms in total. The van der Waals surface area contributed by atoms with E-state index in [1.54, 1.807) is 0 Å². The number of carboxylic acid groups (broad SMARTS) is 1. The van der Waals surface area contributed by atoms with Gasteiger partial charge in [-0.1, -0.05) is 13.8 Å². The lowest BCUT2D eigenvalue weighted by molar-refractivity contribution is -0.576. The Kier molecular flexibility index (Phi) is 4.30. The third-order valence-electron chi connectivity index (χ3n) is 6.64. The second-order valence-corrected chi connectivity index (χ2v) is 8.33. The van der Waals surface area contributed by atoms with Crippen molar-refractivity contribution in [3.8, 4) is 0 Å². The number of esters is 1. The number of hydrogen-bond acceptors (Lipinski definition) is 7. The second-order valence-electron chi connectivity index (χ2n) is 8.33. The normalized spacial score (nSPS) is 49.8. The molecule has 0 aromatic heterocycles. The molecule has 4 aliphatic heterocycles. The molecule has 1 aliphatic carbocycles. The summed E-state index contributed by atoms with van der Waals surface area (Å²) < 4.78 is 17.5. The van der Waals surface area contributed by atoms with Gasteiger partial charge < -0.3 is 19.3 Å². The first-order valence-electron chi connectivity index (χ1n) is 9.36. The number of aliphatic carboxylic acids is 1. The lowest BCUT2D eigenvalue weighted by Crippen LogP contribution is -2.70. The van der Waals surface area contributed by atoms with Gasteiger partial charge in [0.15, 0.2) is 11.9 Å². The monoisotopic (exact) mass is 370 g/mol. The zero-order valence-electron chi connectivity index (χ0n) is 15.3. The van der Waals surface area contributed by atoms with Crippen molar-refractivity contribution < 1.29 is 38.7 Å². The van der Waals surface area contributed by atoms with E-state index >= 15 is 0 Å². The molecular weight excluding hydrogens is 344 g/mol. The molecule has 1 saturated carbocycles. The maximum absolute atomic E-state index is 11.9. The van der Waals surface area contributed by atoms with E-state index < -0.39 is 42.3 Å². The van der Waals surface area contributed by atoms with E-state index in [1.807, 2.05) is 13.8 Å². The van der Waals surface area contributed by atoms with Crippen molar-refractivity contribution in [1.29, 1.82) is 0 Å². The minimum atomic E-state index is -1.23. The van der Waals surface area contributed by atoms with Crippen LogP contribution in [0.25, 0.3) is 0 Å². The Hall–Kier alpha value is -1.22. The molecule has 0 unspecified atom stereocenters. The SMILES string of the molecule is C[C@H]1[C@@H](OC(=O)CC(=O)O)O[C@@H]2O[C@@]3(C)CC[C@H]4[C@H](C)CC[C@@H]1[C@@]24OO3. The Morgan fingerprint density at radius 2 is 1.92 bits per heavy atom. The molecule has 0 aromatic rings. The molecule has 5 fully saturated rings. The summed E-state index contributed by atoms with van der Waals surface area (Å²) in [6, 6.07) is 0. The van der Waals surface area contributed by atoms with Gasteiger partial charge in [-0.15, -0.1) is 0 Å². The summed E-state index contributed by atoms with van der Waals surface area (Å²) in [5.41, 5.74) is -0.719. The van der Waals surface area contributed by atoms with E-state index in [0.29, 0.717) is 12.3 Å². The number of fused-ring (bicyclic) bond motifs is 2. The Labute approximate surface area is 152 Å². The number of ether oxygens (including phenoxy) is 3. The third-order valence-corrected chi connectivity index (χ3v) is 6.64. The first-order valence-corrected chi connectivity index (χ1v) is 9.36. The van der Waals surface area contributed by atoms with E-state index in [1.165, 1.54) is 0 Å². The van der Waals surface area contributed by atoms with Crippen LogP contribution in [-0.2, 0) is 33.6 Å². The van der Waals surface area contributed by atoms with Gasteiger partial charge in [-0.2, -0.15) is 0 Å². The standard InChI is InChI=1S/C18H26O8/c1-9-4-5-12-10(2)15(22-14(21)8-13(19)20)23-16-18(12)11(9)6-7-17(3,24-16)25-26-18/h9-12,15-16H,4-8H2,1-3H3,(H,19,20)/t9-,10-,11+,12+,15+,16-,17-,18-/m1/s1. The third kappa shape index (κ3) is 2.66. The Balaban J connectivity index is 1.64. The van der Waals surface area contributed by atoms with Gasteiger partial charge >= 0.3 is 11.9 Å². The molecule has 8 atom stereocenters. The van der Waals surface area contributed by atoms with Crippen molar-refractivity contribution in [2.24, 2.45) is 23.7 Å². The fourth-order valence-corrected chi connectivity index (χ4v) is 5.30.